The third-order valence-corrected chi connectivity index (χ3v) is 5.02. The van der Waals surface area contributed by atoms with Gasteiger partial charge in [0.25, 0.3) is 5.91 Å². The second kappa shape index (κ2) is 9.50. The molecule has 1 saturated heterocycles. The predicted octanol–water partition coefficient (Wildman–Crippen LogP) is 4.61. The van der Waals surface area contributed by atoms with Gasteiger partial charge in [-0.2, -0.15) is 0 Å². The maximum absolute atomic E-state index is 12.7. The molecule has 0 atom stereocenters. The van der Waals surface area contributed by atoms with Crippen LogP contribution in [0.25, 0.3) is 11.0 Å². The molecule has 4 rings (SSSR count). The Balaban J connectivity index is 1.44. The van der Waals surface area contributed by atoms with Crippen molar-refractivity contribution in [1.29, 1.82) is 0 Å². The maximum Gasteiger partial charge on any atom is 0.412 e. The van der Waals surface area contributed by atoms with Crippen LogP contribution in [0.1, 0.15) is 44.1 Å². The molecule has 3 heterocycles. The molecule has 1 aromatic carbocycles. The highest BCUT2D eigenvalue weighted by atomic mass is 16.6. The summed E-state index contributed by atoms with van der Waals surface area (Å²) >= 11 is 0. The molecule has 0 bridgehead atoms. The lowest BCUT2D eigenvalue weighted by Crippen LogP contribution is -2.39. The van der Waals surface area contributed by atoms with E-state index in [0.29, 0.717) is 47.1 Å². The lowest BCUT2D eigenvalue weighted by atomic mass is 10.1. The van der Waals surface area contributed by atoms with E-state index in [2.05, 4.69) is 20.6 Å². The van der Waals surface area contributed by atoms with Gasteiger partial charge in [0.1, 0.15) is 28.4 Å². The highest BCUT2D eigenvalue weighted by Crippen LogP contribution is 2.30. The first kappa shape index (κ1) is 22.6. The van der Waals surface area contributed by atoms with Crippen molar-refractivity contribution < 1.29 is 23.8 Å². The lowest BCUT2D eigenvalue weighted by Gasteiger charge is -2.22. The summed E-state index contributed by atoms with van der Waals surface area (Å²) in [5, 5.41) is 6.42. The normalized spacial score (nSPS) is 14.6. The van der Waals surface area contributed by atoms with Gasteiger partial charge in [-0.1, -0.05) is 0 Å². The number of hydrogen-bond donors (Lipinski definition) is 3. The van der Waals surface area contributed by atoms with Crippen LogP contribution in [0.2, 0.25) is 0 Å². The molecule has 3 N–H and O–H groups in total. The number of fused-ring (bicyclic) bond motifs is 1. The van der Waals surface area contributed by atoms with Crippen LogP contribution in [-0.4, -0.2) is 46.8 Å². The van der Waals surface area contributed by atoms with E-state index in [4.69, 9.17) is 14.2 Å². The van der Waals surface area contributed by atoms with Gasteiger partial charge >= 0.3 is 6.09 Å². The smallest absolute Gasteiger partial charge is 0.412 e. The molecule has 0 saturated carbocycles. The Hall–Kier alpha value is -3.59. The van der Waals surface area contributed by atoms with Gasteiger partial charge < -0.3 is 24.5 Å². The Morgan fingerprint density at radius 2 is 1.85 bits per heavy atom. The molecule has 3 aromatic rings. The number of nitrogens with one attached hydrogen (secondary N) is 3. The summed E-state index contributed by atoms with van der Waals surface area (Å²) in [5.74, 6) is 0.962. The van der Waals surface area contributed by atoms with Gasteiger partial charge in [0.2, 0.25) is 0 Å². The molecule has 33 heavy (non-hydrogen) atoms. The molecular weight excluding hydrogens is 424 g/mol. The fourth-order valence-corrected chi connectivity index (χ4v) is 3.47. The van der Waals surface area contributed by atoms with Crippen molar-refractivity contribution in [1.82, 2.24) is 15.3 Å². The average molecular weight is 453 g/mol. The number of benzene rings is 1. The van der Waals surface area contributed by atoms with E-state index in [9.17, 15) is 9.59 Å². The summed E-state index contributed by atoms with van der Waals surface area (Å²) in [4.78, 5) is 32.0. The number of amides is 2. The molecule has 0 spiro atoms. The molecule has 0 aliphatic carbocycles. The van der Waals surface area contributed by atoms with Crippen molar-refractivity contribution in [2.75, 3.05) is 18.5 Å². The number of ether oxygens (including phenoxy) is 3. The standard InChI is InChI=1S/C24H28N4O5/c1-24(2,3)33-23(30)27-15-4-6-17(7-5-15)32-20-8-11-25-21-18(20)14-19(28-21)22(29)26-16-9-12-31-13-10-16/h4-8,11,14,16H,9-10,12-13H2,1-3H3,(H,25,28)(H,26,29)(H,27,30). The van der Waals surface area contributed by atoms with Crippen LogP contribution in [-0.2, 0) is 9.47 Å². The largest absolute Gasteiger partial charge is 0.457 e. The maximum atomic E-state index is 12.7. The minimum Gasteiger partial charge on any atom is -0.457 e. The summed E-state index contributed by atoms with van der Waals surface area (Å²) in [6, 6.07) is 10.5. The monoisotopic (exact) mass is 452 g/mol. The van der Waals surface area contributed by atoms with Crippen LogP contribution in [0.4, 0.5) is 10.5 Å². The van der Waals surface area contributed by atoms with Crippen LogP contribution in [0.5, 0.6) is 11.5 Å². The fourth-order valence-electron chi connectivity index (χ4n) is 3.47. The van der Waals surface area contributed by atoms with Gasteiger partial charge in [0.15, 0.2) is 0 Å². The van der Waals surface area contributed by atoms with Gasteiger partial charge in [-0.15, -0.1) is 0 Å². The SMILES string of the molecule is CC(C)(C)OC(=O)Nc1ccc(Oc2ccnc3[nH]c(C(=O)NC4CCOCC4)cc23)cc1. The van der Waals surface area contributed by atoms with Crippen LogP contribution in [0.15, 0.2) is 42.6 Å². The molecule has 2 aromatic heterocycles. The molecule has 1 fully saturated rings. The molecule has 174 valence electrons. The molecule has 9 heteroatoms. The fraction of sp³-hybridized carbons (Fsp3) is 0.375. The summed E-state index contributed by atoms with van der Waals surface area (Å²) in [6.45, 7) is 6.73. The number of aromatic nitrogens is 2. The number of hydrogen-bond acceptors (Lipinski definition) is 6. The number of anilines is 1. The van der Waals surface area contributed by atoms with Crippen molar-refractivity contribution in [2.24, 2.45) is 0 Å². The number of H-pyrrole nitrogens is 1. The zero-order valence-electron chi connectivity index (χ0n) is 18.9. The van der Waals surface area contributed by atoms with Gasteiger partial charge in [0.05, 0.1) is 5.39 Å². The van der Waals surface area contributed by atoms with Gasteiger partial charge in [-0.05, 0) is 70.0 Å². The van der Waals surface area contributed by atoms with Crippen LogP contribution in [0.3, 0.4) is 0 Å². The first-order valence-corrected chi connectivity index (χ1v) is 10.9. The first-order valence-electron chi connectivity index (χ1n) is 10.9. The summed E-state index contributed by atoms with van der Waals surface area (Å²) in [6.07, 6.45) is 2.70. The van der Waals surface area contributed by atoms with Crippen molar-refractivity contribution >= 4 is 28.7 Å². The van der Waals surface area contributed by atoms with Crippen LogP contribution >= 0.6 is 0 Å². The van der Waals surface area contributed by atoms with E-state index in [1.807, 2.05) is 0 Å². The summed E-state index contributed by atoms with van der Waals surface area (Å²) in [5.41, 5.74) is 1.01. The lowest BCUT2D eigenvalue weighted by molar-refractivity contribution is 0.0634. The Morgan fingerprint density at radius 3 is 2.55 bits per heavy atom. The average Bonchev–Trinajstić information content (AvgIpc) is 3.20. The molecule has 9 nitrogen and oxygen atoms in total. The minimum atomic E-state index is -0.572. The highest BCUT2D eigenvalue weighted by molar-refractivity contribution is 5.98. The second-order valence-electron chi connectivity index (χ2n) is 8.87. The van der Waals surface area contributed by atoms with Crippen molar-refractivity contribution in [3.05, 3.63) is 48.3 Å². The summed E-state index contributed by atoms with van der Waals surface area (Å²) < 4.78 is 16.6. The van der Waals surface area contributed by atoms with Crippen molar-refractivity contribution in [3.8, 4) is 11.5 Å². The molecular formula is C24H28N4O5. The Kier molecular flexibility index (Phi) is 6.50. The third kappa shape index (κ3) is 6.01. The van der Waals surface area contributed by atoms with Gasteiger partial charge in [-0.3, -0.25) is 10.1 Å². The van der Waals surface area contributed by atoms with E-state index < -0.39 is 11.7 Å². The highest BCUT2D eigenvalue weighted by Gasteiger charge is 2.20. The van der Waals surface area contributed by atoms with Crippen molar-refractivity contribution in [3.63, 3.8) is 0 Å². The quantitative estimate of drug-likeness (QED) is 0.521. The second-order valence-corrected chi connectivity index (χ2v) is 8.87. The molecule has 1 aliphatic heterocycles. The van der Waals surface area contributed by atoms with E-state index in [0.717, 1.165) is 12.8 Å². The zero-order chi connectivity index (χ0) is 23.4. The topological polar surface area (TPSA) is 115 Å². The number of carbonyl (C=O) groups is 2. The number of aromatic amines is 1. The molecule has 2 amide bonds. The first-order chi connectivity index (χ1) is 15.8. The van der Waals surface area contributed by atoms with E-state index in [1.54, 1.807) is 63.4 Å². The van der Waals surface area contributed by atoms with Crippen LogP contribution < -0.4 is 15.4 Å². The number of carbonyl (C=O) groups excluding carboxylic acids is 2. The van der Waals surface area contributed by atoms with Crippen molar-refractivity contribution in [2.45, 2.75) is 45.3 Å². The van der Waals surface area contributed by atoms with Crippen LogP contribution in [0, 0.1) is 0 Å². The number of pyridine rings is 1. The summed E-state index contributed by atoms with van der Waals surface area (Å²) in [7, 11) is 0. The van der Waals surface area contributed by atoms with E-state index >= 15 is 0 Å². The Bertz CT molecular complexity index is 1130. The van der Waals surface area contributed by atoms with E-state index in [1.165, 1.54) is 0 Å². The Labute approximate surface area is 191 Å². The van der Waals surface area contributed by atoms with E-state index in [-0.39, 0.29) is 11.9 Å². The predicted molar refractivity (Wildman–Crippen MR) is 124 cm³/mol. The number of rotatable bonds is 5. The van der Waals surface area contributed by atoms with Gasteiger partial charge in [0, 0.05) is 31.1 Å². The zero-order valence-corrected chi connectivity index (χ0v) is 18.9. The molecule has 1 aliphatic rings. The minimum absolute atomic E-state index is 0.106. The molecule has 0 radical (unpaired) electrons. The molecule has 0 unspecified atom stereocenters. The van der Waals surface area contributed by atoms with Gasteiger partial charge in [-0.25, -0.2) is 9.78 Å². The third-order valence-electron chi connectivity index (χ3n) is 5.02. The Morgan fingerprint density at radius 1 is 1.12 bits per heavy atom. The number of nitrogens with zero attached hydrogens (tertiary/aromatic N) is 1.